The molecule has 0 aliphatic rings. The van der Waals surface area contributed by atoms with E-state index in [1.54, 1.807) is 43.6 Å². The Morgan fingerprint density at radius 2 is 2.04 bits per heavy atom. The summed E-state index contributed by atoms with van der Waals surface area (Å²) < 4.78 is 13.3. The minimum Gasteiger partial charge on any atom is -0.347 e. The summed E-state index contributed by atoms with van der Waals surface area (Å²) in [5, 5.41) is 5.69. The van der Waals surface area contributed by atoms with E-state index < -0.39 is 0 Å². The number of carbonyl (C=O) groups is 1. The molecule has 0 unspecified atom stereocenters. The first kappa shape index (κ1) is 16.5. The summed E-state index contributed by atoms with van der Waals surface area (Å²) in [6.45, 7) is 2.11. The number of nitrogens with zero attached hydrogens (tertiary/aromatic N) is 3. The SMILES string of the molecule is Cc1cc(C(=O)NCc2cccnc2)nc(Nc2cccc(F)c2)n1. The smallest absolute Gasteiger partial charge is 0.270 e. The number of hydrogen-bond donors (Lipinski definition) is 2. The molecule has 0 atom stereocenters. The van der Waals surface area contributed by atoms with Crippen molar-refractivity contribution in [2.45, 2.75) is 13.5 Å². The van der Waals surface area contributed by atoms with Gasteiger partial charge >= 0.3 is 0 Å². The third-order valence-electron chi connectivity index (χ3n) is 3.34. The fraction of sp³-hybridized carbons (Fsp3) is 0.111. The number of hydrogen-bond acceptors (Lipinski definition) is 5. The van der Waals surface area contributed by atoms with E-state index >= 15 is 0 Å². The minimum atomic E-state index is -0.368. The van der Waals surface area contributed by atoms with Crippen molar-refractivity contribution < 1.29 is 9.18 Å². The Hall–Kier alpha value is -3.35. The van der Waals surface area contributed by atoms with Crippen molar-refractivity contribution in [2.24, 2.45) is 0 Å². The molecule has 0 aliphatic carbocycles. The van der Waals surface area contributed by atoms with E-state index in [1.807, 2.05) is 6.07 Å². The molecule has 2 N–H and O–H groups in total. The molecule has 0 saturated heterocycles. The van der Waals surface area contributed by atoms with Gasteiger partial charge < -0.3 is 10.6 Å². The van der Waals surface area contributed by atoms with Gasteiger partial charge in [-0.25, -0.2) is 14.4 Å². The zero-order valence-electron chi connectivity index (χ0n) is 13.5. The van der Waals surface area contributed by atoms with Crippen LogP contribution in [0, 0.1) is 12.7 Å². The molecule has 7 heteroatoms. The summed E-state index contributed by atoms with van der Waals surface area (Å²) in [6.07, 6.45) is 3.35. The Morgan fingerprint density at radius 1 is 1.16 bits per heavy atom. The topological polar surface area (TPSA) is 79.8 Å². The van der Waals surface area contributed by atoms with Crippen molar-refractivity contribution in [1.82, 2.24) is 20.3 Å². The number of carbonyl (C=O) groups excluding carboxylic acids is 1. The highest BCUT2D eigenvalue weighted by molar-refractivity contribution is 5.92. The van der Waals surface area contributed by atoms with Crippen molar-refractivity contribution >= 4 is 17.5 Å². The van der Waals surface area contributed by atoms with E-state index in [9.17, 15) is 9.18 Å². The van der Waals surface area contributed by atoms with Crippen LogP contribution in [0.2, 0.25) is 0 Å². The third-order valence-corrected chi connectivity index (χ3v) is 3.34. The van der Waals surface area contributed by atoms with Gasteiger partial charge in [-0.15, -0.1) is 0 Å². The van der Waals surface area contributed by atoms with Crippen molar-refractivity contribution in [2.75, 3.05) is 5.32 Å². The Bertz CT molecular complexity index is 886. The number of aromatic nitrogens is 3. The molecular formula is C18H16FN5O. The van der Waals surface area contributed by atoms with Crippen LogP contribution in [0.3, 0.4) is 0 Å². The maximum Gasteiger partial charge on any atom is 0.270 e. The van der Waals surface area contributed by atoms with Gasteiger partial charge in [0.05, 0.1) is 0 Å². The lowest BCUT2D eigenvalue weighted by Gasteiger charge is -2.09. The van der Waals surface area contributed by atoms with E-state index in [2.05, 4.69) is 25.6 Å². The van der Waals surface area contributed by atoms with E-state index in [0.29, 0.717) is 17.9 Å². The summed E-state index contributed by atoms with van der Waals surface area (Å²) in [5.41, 5.74) is 2.25. The highest BCUT2D eigenvalue weighted by Gasteiger charge is 2.11. The second-order valence-electron chi connectivity index (χ2n) is 5.40. The predicted molar refractivity (Wildman–Crippen MR) is 91.9 cm³/mol. The third kappa shape index (κ3) is 4.57. The molecule has 0 aliphatic heterocycles. The number of anilines is 2. The maximum absolute atomic E-state index is 13.3. The highest BCUT2D eigenvalue weighted by Crippen LogP contribution is 2.15. The number of nitrogens with one attached hydrogen (secondary N) is 2. The van der Waals surface area contributed by atoms with Gasteiger partial charge in [0, 0.05) is 30.3 Å². The molecule has 2 heterocycles. The van der Waals surface area contributed by atoms with Gasteiger partial charge in [-0.05, 0) is 42.8 Å². The molecule has 0 fully saturated rings. The largest absolute Gasteiger partial charge is 0.347 e. The lowest BCUT2D eigenvalue weighted by molar-refractivity contribution is 0.0945. The second-order valence-corrected chi connectivity index (χ2v) is 5.40. The molecule has 1 amide bonds. The summed E-state index contributed by atoms with van der Waals surface area (Å²) in [6, 6.07) is 11.2. The molecule has 2 aromatic heterocycles. The van der Waals surface area contributed by atoms with Gasteiger partial charge in [0.25, 0.3) is 5.91 Å². The molecule has 25 heavy (non-hydrogen) atoms. The fourth-order valence-corrected chi connectivity index (χ4v) is 2.21. The lowest BCUT2D eigenvalue weighted by Crippen LogP contribution is -2.24. The van der Waals surface area contributed by atoms with Gasteiger partial charge in [0.1, 0.15) is 11.5 Å². The van der Waals surface area contributed by atoms with Crippen LogP contribution < -0.4 is 10.6 Å². The van der Waals surface area contributed by atoms with Crippen LogP contribution >= 0.6 is 0 Å². The first-order valence-corrected chi connectivity index (χ1v) is 7.65. The Balaban J connectivity index is 1.73. The van der Waals surface area contributed by atoms with E-state index in [-0.39, 0.29) is 23.4 Å². The zero-order valence-corrected chi connectivity index (χ0v) is 13.5. The van der Waals surface area contributed by atoms with E-state index in [4.69, 9.17) is 0 Å². The molecule has 1 aromatic carbocycles. The lowest BCUT2D eigenvalue weighted by atomic mass is 10.2. The number of amides is 1. The number of rotatable bonds is 5. The average molecular weight is 337 g/mol. The molecule has 6 nitrogen and oxygen atoms in total. The van der Waals surface area contributed by atoms with Crippen LogP contribution in [0.25, 0.3) is 0 Å². The van der Waals surface area contributed by atoms with Crippen molar-refractivity contribution in [3.8, 4) is 0 Å². The standard InChI is InChI=1S/C18H16FN5O/c1-12-8-16(17(25)21-11-13-4-3-7-20-10-13)24-18(22-12)23-15-6-2-5-14(19)9-15/h2-10H,11H2,1H3,(H,21,25)(H,22,23,24). The average Bonchev–Trinajstić information content (AvgIpc) is 2.60. The van der Waals surface area contributed by atoms with Crippen LogP contribution in [0.4, 0.5) is 16.0 Å². The van der Waals surface area contributed by atoms with E-state index in [1.165, 1.54) is 12.1 Å². The van der Waals surface area contributed by atoms with Crippen LogP contribution in [-0.4, -0.2) is 20.9 Å². The minimum absolute atomic E-state index is 0.232. The molecule has 0 spiro atoms. The first-order chi connectivity index (χ1) is 12.1. The molecule has 0 saturated carbocycles. The van der Waals surface area contributed by atoms with Crippen molar-refractivity contribution in [3.05, 3.63) is 77.6 Å². The molecule has 0 bridgehead atoms. The molecule has 3 aromatic rings. The summed E-state index contributed by atoms with van der Waals surface area (Å²) in [5.74, 6) is -0.458. The predicted octanol–water partition coefficient (Wildman–Crippen LogP) is 2.99. The maximum atomic E-state index is 13.3. The van der Waals surface area contributed by atoms with Crippen molar-refractivity contribution in [1.29, 1.82) is 0 Å². The quantitative estimate of drug-likeness (QED) is 0.748. The highest BCUT2D eigenvalue weighted by atomic mass is 19.1. The monoisotopic (exact) mass is 337 g/mol. The van der Waals surface area contributed by atoms with Gasteiger partial charge in [0.15, 0.2) is 0 Å². The molecule has 126 valence electrons. The summed E-state index contributed by atoms with van der Waals surface area (Å²) >= 11 is 0. The molecule has 3 rings (SSSR count). The summed E-state index contributed by atoms with van der Waals surface area (Å²) in [7, 11) is 0. The second kappa shape index (κ2) is 7.48. The number of halogens is 1. The van der Waals surface area contributed by atoms with Crippen LogP contribution in [0.5, 0.6) is 0 Å². The number of benzene rings is 1. The van der Waals surface area contributed by atoms with Crippen LogP contribution in [0.15, 0.2) is 54.9 Å². The number of aryl methyl sites for hydroxylation is 1. The van der Waals surface area contributed by atoms with Crippen LogP contribution in [-0.2, 0) is 6.54 Å². The Labute approximate surface area is 144 Å². The van der Waals surface area contributed by atoms with E-state index in [0.717, 1.165) is 5.56 Å². The van der Waals surface area contributed by atoms with Gasteiger partial charge in [0.2, 0.25) is 5.95 Å². The summed E-state index contributed by atoms with van der Waals surface area (Å²) in [4.78, 5) is 24.7. The number of pyridine rings is 1. The zero-order chi connectivity index (χ0) is 17.6. The molecular weight excluding hydrogens is 321 g/mol. The molecule has 0 radical (unpaired) electrons. The van der Waals surface area contributed by atoms with Gasteiger partial charge in [-0.3, -0.25) is 9.78 Å². The van der Waals surface area contributed by atoms with Crippen molar-refractivity contribution in [3.63, 3.8) is 0 Å². The van der Waals surface area contributed by atoms with Gasteiger partial charge in [-0.1, -0.05) is 12.1 Å². The van der Waals surface area contributed by atoms with Gasteiger partial charge in [-0.2, -0.15) is 0 Å². The Kier molecular flexibility index (Phi) is 4.94. The normalized spacial score (nSPS) is 10.3. The first-order valence-electron chi connectivity index (χ1n) is 7.65. The Morgan fingerprint density at radius 3 is 2.80 bits per heavy atom. The fourth-order valence-electron chi connectivity index (χ4n) is 2.21. The van der Waals surface area contributed by atoms with Crippen LogP contribution in [0.1, 0.15) is 21.7 Å².